The highest BCUT2D eigenvalue weighted by atomic mass is 16.5. The van der Waals surface area contributed by atoms with Crippen LogP contribution in [0.2, 0.25) is 0 Å². The van der Waals surface area contributed by atoms with Crippen molar-refractivity contribution < 1.29 is 23.5 Å². The van der Waals surface area contributed by atoms with Crippen LogP contribution < -0.4 is 4.74 Å². The second-order valence-electron chi connectivity index (χ2n) is 9.19. The van der Waals surface area contributed by atoms with Crippen molar-refractivity contribution in [3.05, 3.63) is 47.7 Å². The van der Waals surface area contributed by atoms with Crippen LogP contribution in [0.25, 0.3) is 0 Å². The van der Waals surface area contributed by atoms with Crippen molar-refractivity contribution in [2.45, 2.75) is 59.7 Å². The molecule has 1 aromatic carbocycles. The van der Waals surface area contributed by atoms with Crippen molar-refractivity contribution in [1.82, 2.24) is 14.8 Å². The molecular formula is C26H37N3O5. The maximum absolute atomic E-state index is 13.0. The average Bonchev–Trinajstić information content (AvgIpc) is 3.31. The van der Waals surface area contributed by atoms with Crippen molar-refractivity contribution in [2.75, 3.05) is 26.8 Å². The van der Waals surface area contributed by atoms with Gasteiger partial charge in [0.25, 0.3) is 5.91 Å². The van der Waals surface area contributed by atoms with E-state index >= 15 is 0 Å². The van der Waals surface area contributed by atoms with Gasteiger partial charge in [-0.05, 0) is 50.3 Å². The molecule has 1 amide bonds. The average molecular weight is 472 g/mol. The molecule has 1 aliphatic rings. The Labute approximate surface area is 202 Å². The summed E-state index contributed by atoms with van der Waals surface area (Å²) in [5.74, 6) is 1.30. The fourth-order valence-electron chi connectivity index (χ4n) is 4.17. The van der Waals surface area contributed by atoms with Gasteiger partial charge < -0.3 is 18.8 Å². The summed E-state index contributed by atoms with van der Waals surface area (Å²) in [5, 5.41) is 0. The number of oxazole rings is 1. The second kappa shape index (κ2) is 12.0. The number of likely N-dealkylation sites (tertiary alicyclic amines) is 1. The molecule has 1 atom stereocenters. The smallest absolute Gasteiger partial charge is 0.309 e. The molecule has 8 heteroatoms. The van der Waals surface area contributed by atoms with Crippen LogP contribution in [0, 0.1) is 11.8 Å². The molecule has 1 aliphatic heterocycles. The predicted octanol–water partition coefficient (Wildman–Crippen LogP) is 4.15. The standard InChI is InChI=1S/C26H37N3O5/c1-6-33-26(31)21-10-12-28(13-11-21)25(30)23-17-34-24(27-23)16-29(19(4)18(2)3)15-20-8-7-9-22(14-20)32-5/h7-9,14,17-19,21H,6,10-13,15-16H2,1-5H3. The molecule has 1 fully saturated rings. The third kappa shape index (κ3) is 6.59. The van der Waals surface area contributed by atoms with E-state index in [0.717, 1.165) is 11.3 Å². The van der Waals surface area contributed by atoms with Gasteiger partial charge in [0.05, 0.1) is 26.2 Å². The van der Waals surface area contributed by atoms with E-state index in [1.54, 1.807) is 18.9 Å². The molecule has 0 N–H and O–H groups in total. The van der Waals surface area contributed by atoms with Crippen LogP contribution in [-0.2, 0) is 22.6 Å². The molecule has 0 bridgehead atoms. The molecule has 3 rings (SSSR count). The van der Waals surface area contributed by atoms with Gasteiger partial charge in [0.1, 0.15) is 12.0 Å². The molecule has 34 heavy (non-hydrogen) atoms. The number of carbonyl (C=O) groups is 2. The molecule has 0 aliphatic carbocycles. The molecule has 0 saturated carbocycles. The lowest BCUT2D eigenvalue weighted by Crippen LogP contribution is -2.40. The molecule has 1 aromatic heterocycles. The quantitative estimate of drug-likeness (QED) is 0.481. The SMILES string of the molecule is CCOC(=O)C1CCN(C(=O)c2coc(CN(Cc3cccc(OC)c3)C(C)C(C)C)n2)CC1. The molecule has 2 aromatic rings. The van der Waals surface area contributed by atoms with Crippen LogP contribution in [0.5, 0.6) is 5.75 Å². The maximum atomic E-state index is 13.0. The lowest BCUT2D eigenvalue weighted by molar-refractivity contribution is -0.149. The van der Waals surface area contributed by atoms with Gasteiger partial charge in [0.15, 0.2) is 5.69 Å². The summed E-state index contributed by atoms with van der Waals surface area (Å²) in [6.07, 6.45) is 2.66. The Morgan fingerprint density at radius 3 is 2.59 bits per heavy atom. The zero-order valence-corrected chi connectivity index (χ0v) is 21.0. The largest absolute Gasteiger partial charge is 0.497 e. The Morgan fingerprint density at radius 1 is 1.21 bits per heavy atom. The minimum absolute atomic E-state index is 0.139. The van der Waals surface area contributed by atoms with Gasteiger partial charge in [-0.25, -0.2) is 4.98 Å². The summed E-state index contributed by atoms with van der Waals surface area (Å²) in [7, 11) is 1.66. The van der Waals surface area contributed by atoms with Crippen LogP contribution >= 0.6 is 0 Å². The lowest BCUT2D eigenvalue weighted by Gasteiger charge is -2.31. The van der Waals surface area contributed by atoms with Crippen molar-refractivity contribution in [1.29, 1.82) is 0 Å². The Bertz CT molecular complexity index is 949. The highest BCUT2D eigenvalue weighted by Crippen LogP contribution is 2.22. The lowest BCUT2D eigenvalue weighted by atomic mass is 9.97. The zero-order valence-electron chi connectivity index (χ0n) is 21.0. The van der Waals surface area contributed by atoms with Crippen LogP contribution in [0.4, 0.5) is 0 Å². The van der Waals surface area contributed by atoms with Crippen LogP contribution in [0.1, 0.15) is 62.5 Å². The molecule has 0 radical (unpaired) electrons. The highest BCUT2D eigenvalue weighted by molar-refractivity contribution is 5.92. The van der Waals surface area contributed by atoms with E-state index in [4.69, 9.17) is 13.9 Å². The van der Waals surface area contributed by atoms with Crippen molar-refractivity contribution in [3.63, 3.8) is 0 Å². The summed E-state index contributed by atoms with van der Waals surface area (Å²) < 4.78 is 16.2. The molecule has 1 saturated heterocycles. The Morgan fingerprint density at radius 2 is 1.94 bits per heavy atom. The number of methoxy groups -OCH3 is 1. The number of esters is 1. The van der Waals surface area contributed by atoms with Gasteiger partial charge in [0.2, 0.25) is 5.89 Å². The van der Waals surface area contributed by atoms with Gasteiger partial charge in [-0.15, -0.1) is 0 Å². The van der Waals surface area contributed by atoms with Gasteiger partial charge in [-0.2, -0.15) is 0 Å². The normalized spacial score (nSPS) is 15.6. The molecule has 0 spiro atoms. The number of ether oxygens (including phenoxy) is 2. The first-order chi connectivity index (χ1) is 16.3. The Hall–Kier alpha value is -2.87. The molecule has 1 unspecified atom stereocenters. The van der Waals surface area contributed by atoms with Crippen LogP contribution in [0.15, 0.2) is 34.9 Å². The van der Waals surface area contributed by atoms with Gasteiger partial charge in [0, 0.05) is 25.7 Å². The number of hydrogen-bond donors (Lipinski definition) is 0. The fraction of sp³-hybridized carbons (Fsp3) is 0.577. The first-order valence-corrected chi connectivity index (χ1v) is 12.1. The van der Waals surface area contributed by atoms with E-state index in [0.29, 0.717) is 63.1 Å². The zero-order chi connectivity index (χ0) is 24.7. The first kappa shape index (κ1) is 25.7. The third-order valence-electron chi connectivity index (χ3n) is 6.57. The summed E-state index contributed by atoms with van der Waals surface area (Å²) in [5.41, 5.74) is 1.45. The molecule has 186 valence electrons. The highest BCUT2D eigenvalue weighted by Gasteiger charge is 2.30. The fourth-order valence-corrected chi connectivity index (χ4v) is 4.17. The number of carbonyl (C=O) groups excluding carboxylic acids is 2. The number of aromatic nitrogens is 1. The van der Waals surface area contributed by atoms with Crippen molar-refractivity contribution in [2.24, 2.45) is 11.8 Å². The van der Waals surface area contributed by atoms with Crippen LogP contribution in [0.3, 0.4) is 0 Å². The first-order valence-electron chi connectivity index (χ1n) is 12.1. The number of hydrogen-bond acceptors (Lipinski definition) is 7. The van der Waals surface area contributed by atoms with Gasteiger partial charge in [-0.3, -0.25) is 14.5 Å². The molecule has 8 nitrogen and oxygen atoms in total. The summed E-state index contributed by atoms with van der Waals surface area (Å²) >= 11 is 0. The number of nitrogens with zero attached hydrogens (tertiary/aromatic N) is 3. The maximum Gasteiger partial charge on any atom is 0.309 e. The number of amides is 1. The van der Waals surface area contributed by atoms with Crippen LogP contribution in [-0.4, -0.2) is 59.5 Å². The van der Waals surface area contributed by atoms with Crippen molar-refractivity contribution in [3.8, 4) is 5.75 Å². The Kier molecular flexibility index (Phi) is 9.10. The van der Waals surface area contributed by atoms with E-state index in [1.165, 1.54) is 6.26 Å². The summed E-state index contributed by atoms with van der Waals surface area (Å²) in [6, 6.07) is 8.30. The van der Waals surface area contributed by atoms with Gasteiger partial charge in [-0.1, -0.05) is 26.0 Å². The minimum Gasteiger partial charge on any atom is -0.497 e. The van der Waals surface area contributed by atoms with Crippen molar-refractivity contribution >= 4 is 11.9 Å². The van der Waals surface area contributed by atoms with E-state index in [1.807, 2.05) is 18.2 Å². The predicted molar refractivity (Wildman–Crippen MR) is 128 cm³/mol. The van der Waals surface area contributed by atoms with E-state index in [9.17, 15) is 9.59 Å². The van der Waals surface area contributed by atoms with Gasteiger partial charge >= 0.3 is 5.97 Å². The minimum atomic E-state index is -0.172. The summed E-state index contributed by atoms with van der Waals surface area (Å²) in [4.78, 5) is 33.5. The monoisotopic (exact) mass is 471 g/mol. The molecule has 2 heterocycles. The third-order valence-corrected chi connectivity index (χ3v) is 6.57. The Balaban J connectivity index is 1.64. The summed E-state index contributed by atoms with van der Waals surface area (Å²) in [6.45, 7) is 11.0. The second-order valence-corrected chi connectivity index (χ2v) is 9.19. The topological polar surface area (TPSA) is 85.1 Å². The van der Waals surface area contributed by atoms with E-state index in [-0.39, 0.29) is 23.8 Å². The van der Waals surface area contributed by atoms with E-state index < -0.39 is 0 Å². The number of benzene rings is 1. The molecular weight excluding hydrogens is 434 g/mol. The number of piperidine rings is 1. The number of rotatable bonds is 10. The van der Waals surface area contributed by atoms with E-state index in [2.05, 4.69) is 36.7 Å².